The van der Waals surface area contributed by atoms with Gasteiger partial charge in [-0.2, -0.15) is 0 Å². The first-order valence-corrected chi connectivity index (χ1v) is 19.1. The van der Waals surface area contributed by atoms with Gasteiger partial charge in [-0.05, 0) is 37.5 Å². The Morgan fingerprint density at radius 3 is 0.909 bits per heavy atom. The van der Waals surface area contributed by atoms with Gasteiger partial charge in [-0.25, -0.2) is 4.79 Å². The molecule has 0 atom stereocenters. The predicted octanol–water partition coefficient (Wildman–Crippen LogP) is 5.49. The van der Waals surface area contributed by atoms with Crippen LogP contribution in [0.4, 0.5) is 0 Å². The minimum atomic E-state index is -0.756. The summed E-state index contributed by atoms with van der Waals surface area (Å²) in [4.78, 5) is 11.5. The SMILES string of the molecule is CC(C)(C)OC(=O)COCCOCCOCCOCCOCCOCCOCCOCCOCCOC(c1ccccc1)(c1ccccc1)c1ccccc1. The number of hydrogen-bond donors (Lipinski definition) is 0. The summed E-state index contributed by atoms with van der Waals surface area (Å²) >= 11 is 0. The van der Waals surface area contributed by atoms with Crippen molar-refractivity contribution in [2.45, 2.75) is 32.0 Å². The maximum absolute atomic E-state index is 11.5. The molecule has 0 amide bonds. The highest BCUT2D eigenvalue weighted by Crippen LogP contribution is 2.40. The lowest BCUT2D eigenvalue weighted by atomic mass is 9.80. The van der Waals surface area contributed by atoms with Gasteiger partial charge in [-0.1, -0.05) is 91.0 Å². The van der Waals surface area contributed by atoms with Gasteiger partial charge in [0, 0.05) is 0 Å². The Hall–Kier alpha value is -3.27. The van der Waals surface area contributed by atoms with Gasteiger partial charge in [0.1, 0.15) is 17.8 Å². The average Bonchev–Trinajstić information content (AvgIpc) is 3.19. The molecule has 0 aliphatic carbocycles. The molecule has 0 aliphatic rings. The topological polar surface area (TPSA) is 119 Å². The first-order valence-electron chi connectivity index (χ1n) is 19.1. The molecular weight excluding hydrogens is 708 g/mol. The van der Waals surface area contributed by atoms with Crippen LogP contribution >= 0.6 is 0 Å². The maximum atomic E-state index is 11.5. The molecule has 0 saturated carbocycles. The molecule has 3 aromatic carbocycles. The first-order chi connectivity index (χ1) is 26.9. The standard InChI is InChI=1S/C43H62O12/c1-42(2,3)55-41(44)37-53-34-33-51-30-29-49-26-25-47-22-21-45-19-20-46-23-24-48-27-28-50-31-32-52-35-36-54-43(38-13-7-4-8-14-38,39-15-9-5-10-16-39)40-17-11-6-12-18-40/h4-18H,19-37H2,1-3H3. The molecule has 0 saturated heterocycles. The Bertz CT molecular complexity index is 1240. The van der Waals surface area contributed by atoms with E-state index < -0.39 is 11.2 Å². The third-order valence-electron chi connectivity index (χ3n) is 7.70. The van der Waals surface area contributed by atoms with Crippen LogP contribution in [-0.4, -0.2) is 137 Å². The van der Waals surface area contributed by atoms with Crippen LogP contribution in [0.15, 0.2) is 91.0 Å². The smallest absolute Gasteiger partial charge is 0.332 e. The fourth-order valence-corrected chi connectivity index (χ4v) is 5.31. The molecule has 0 spiro atoms. The van der Waals surface area contributed by atoms with Crippen molar-refractivity contribution in [1.82, 2.24) is 0 Å². The second-order valence-corrected chi connectivity index (χ2v) is 13.2. The molecule has 0 radical (unpaired) electrons. The van der Waals surface area contributed by atoms with Gasteiger partial charge in [0.05, 0.1) is 119 Å². The molecule has 55 heavy (non-hydrogen) atoms. The molecule has 0 aliphatic heterocycles. The minimum absolute atomic E-state index is 0.0856. The van der Waals surface area contributed by atoms with E-state index in [-0.39, 0.29) is 12.6 Å². The van der Waals surface area contributed by atoms with Gasteiger partial charge in [-0.3, -0.25) is 0 Å². The Labute approximate surface area is 327 Å². The zero-order valence-electron chi connectivity index (χ0n) is 33.0. The highest BCUT2D eigenvalue weighted by atomic mass is 16.6. The lowest BCUT2D eigenvalue weighted by molar-refractivity contribution is -0.160. The fraction of sp³-hybridized carbons (Fsp3) is 0.558. The van der Waals surface area contributed by atoms with Crippen molar-refractivity contribution in [3.63, 3.8) is 0 Å². The Morgan fingerprint density at radius 1 is 0.382 bits per heavy atom. The summed E-state index contributed by atoms with van der Waals surface area (Å²) in [5, 5.41) is 0. The van der Waals surface area contributed by atoms with E-state index in [2.05, 4.69) is 36.4 Å². The summed E-state index contributed by atoms with van der Waals surface area (Å²) in [6.45, 7) is 13.5. The number of carbonyl (C=O) groups is 1. The number of hydrogen-bond acceptors (Lipinski definition) is 12. The van der Waals surface area contributed by atoms with Crippen LogP contribution in [0.1, 0.15) is 37.5 Å². The van der Waals surface area contributed by atoms with Crippen molar-refractivity contribution in [1.29, 1.82) is 0 Å². The van der Waals surface area contributed by atoms with E-state index in [1.54, 1.807) is 0 Å². The van der Waals surface area contributed by atoms with E-state index in [1.807, 2.05) is 75.4 Å². The van der Waals surface area contributed by atoms with Crippen molar-refractivity contribution < 1.29 is 56.9 Å². The summed E-state index contributed by atoms with van der Waals surface area (Å²) in [5.41, 5.74) is 1.92. The highest BCUT2D eigenvalue weighted by molar-refractivity contribution is 5.71. The van der Waals surface area contributed by atoms with Crippen LogP contribution in [-0.2, 0) is 62.5 Å². The van der Waals surface area contributed by atoms with Crippen LogP contribution in [0.2, 0.25) is 0 Å². The average molecular weight is 771 g/mol. The van der Waals surface area contributed by atoms with E-state index in [0.29, 0.717) is 119 Å². The summed E-state index contributed by atoms with van der Waals surface area (Å²) < 4.78 is 61.6. The molecule has 0 fully saturated rings. The fourth-order valence-electron chi connectivity index (χ4n) is 5.31. The first kappa shape index (κ1) is 46.1. The number of benzene rings is 3. The zero-order chi connectivity index (χ0) is 39.1. The van der Waals surface area contributed by atoms with Crippen LogP contribution in [0.3, 0.4) is 0 Å². The van der Waals surface area contributed by atoms with E-state index in [0.717, 1.165) is 16.7 Å². The third kappa shape index (κ3) is 20.5. The highest BCUT2D eigenvalue weighted by Gasteiger charge is 2.37. The molecule has 306 valence electrons. The van der Waals surface area contributed by atoms with Crippen LogP contribution in [0, 0.1) is 0 Å². The van der Waals surface area contributed by atoms with Gasteiger partial charge in [-0.15, -0.1) is 0 Å². The second kappa shape index (κ2) is 29.0. The van der Waals surface area contributed by atoms with Gasteiger partial charge >= 0.3 is 5.97 Å². The molecule has 0 heterocycles. The lowest BCUT2D eigenvalue weighted by Gasteiger charge is -2.36. The number of rotatable bonds is 33. The van der Waals surface area contributed by atoms with E-state index in [1.165, 1.54) is 0 Å². The number of esters is 1. The molecule has 12 heteroatoms. The molecule has 0 N–H and O–H groups in total. The number of carbonyl (C=O) groups excluding carboxylic acids is 1. The molecule has 0 bridgehead atoms. The lowest BCUT2D eigenvalue weighted by Crippen LogP contribution is -2.34. The molecule has 0 unspecified atom stereocenters. The maximum Gasteiger partial charge on any atom is 0.332 e. The Morgan fingerprint density at radius 2 is 0.636 bits per heavy atom. The van der Waals surface area contributed by atoms with Crippen molar-refractivity contribution in [3.05, 3.63) is 108 Å². The van der Waals surface area contributed by atoms with Crippen LogP contribution in [0.25, 0.3) is 0 Å². The van der Waals surface area contributed by atoms with Gasteiger partial charge < -0.3 is 52.1 Å². The van der Waals surface area contributed by atoms with Gasteiger partial charge in [0.2, 0.25) is 0 Å². The van der Waals surface area contributed by atoms with Crippen molar-refractivity contribution in [2.75, 3.05) is 126 Å². The second-order valence-electron chi connectivity index (χ2n) is 13.2. The largest absolute Gasteiger partial charge is 0.458 e. The monoisotopic (exact) mass is 770 g/mol. The summed E-state index contributed by atoms with van der Waals surface area (Å²) in [6.07, 6.45) is 0. The molecule has 12 nitrogen and oxygen atoms in total. The number of ether oxygens (including phenoxy) is 11. The van der Waals surface area contributed by atoms with Gasteiger partial charge in [0.15, 0.2) is 0 Å². The summed E-state index contributed by atoms with van der Waals surface area (Å²) in [7, 11) is 0. The van der Waals surface area contributed by atoms with Gasteiger partial charge in [0.25, 0.3) is 0 Å². The van der Waals surface area contributed by atoms with Crippen LogP contribution in [0.5, 0.6) is 0 Å². The van der Waals surface area contributed by atoms with E-state index >= 15 is 0 Å². The Kier molecular flexibility index (Phi) is 24.3. The third-order valence-corrected chi connectivity index (χ3v) is 7.70. The molecule has 3 rings (SSSR count). The van der Waals surface area contributed by atoms with Crippen molar-refractivity contribution in [2.24, 2.45) is 0 Å². The van der Waals surface area contributed by atoms with E-state index in [4.69, 9.17) is 52.1 Å². The van der Waals surface area contributed by atoms with Crippen molar-refractivity contribution in [3.8, 4) is 0 Å². The van der Waals surface area contributed by atoms with Crippen LogP contribution < -0.4 is 0 Å². The molecular formula is C43H62O12. The normalized spacial score (nSPS) is 11.9. The Balaban J connectivity index is 1.07. The van der Waals surface area contributed by atoms with Crippen molar-refractivity contribution >= 4 is 5.97 Å². The molecule has 3 aromatic rings. The summed E-state index contributed by atoms with van der Waals surface area (Å²) in [6, 6.07) is 30.9. The molecule has 0 aromatic heterocycles. The minimum Gasteiger partial charge on any atom is -0.458 e. The van der Waals surface area contributed by atoms with E-state index in [9.17, 15) is 4.79 Å². The summed E-state index contributed by atoms with van der Waals surface area (Å²) in [5.74, 6) is -0.388. The predicted molar refractivity (Wildman–Crippen MR) is 208 cm³/mol. The quantitative estimate of drug-likeness (QED) is 0.0443. The zero-order valence-corrected chi connectivity index (χ0v) is 33.0.